The predicted octanol–water partition coefficient (Wildman–Crippen LogP) is 5.72. The van der Waals surface area contributed by atoms with Crippen molar-refractivity contribution < 1.29 is 0 Å². The molecule has 1 unspecified atom stereocenters. The summed E-state index contributed by atoms with van der Waals surface area (Å²) in [7, 11) is 0. The Kier molecular flexibility index (Phi) is 6.03. The number of halogens is 1. The fraction of sp³-hybridized carbons (Fsp3) is 0.444. The van der Waals surface area contributed by atoms with E-state index in [4.69, 9.17) is 0 Å². The summed E-state index contributed by atoms with van der Waals surface area (Å²) in [6, 6.07) is 9.38. The number of hydrogen-bond acceptors (Lipinski definition) is 2. The van der Waals surface area contributed by atoms with E-state index in [-0.39, 0.29) is 0 Å². The van der Waals surface area contributed by atoms with E-state index in [1.165, 1.54) is 30.9 Å². The molecule has 0 radical (unpaired) electrons. The van der Waals surface area contributed by atoms with Gasteiger partial charge >= 0.3 is 0 Å². The van der Waals surface area contributed by atoms with Crippen LogP contribution in [0.5, 0.6) is 0 Å². The minimum absolute atomic E-state index is 0.404. The van der Waals surface area contributed by atoms with Gasteiger partial charge in [-0.3, -0.25) is 0 Å². The van der Waals surface area contributed by atoms with Crippen LogP contribution < -0.4 is 5.32 Å². The topological polar surface area (TPSA) is 12.0 Å². The lowest BCUT2D eigenvalue weighted by Gasteiger charge is -2.20. The van der Waals surface area contributed by atoms with E-state index < -0.39 is 0 Å². The first kappa shape index (κ1) is 16.7. The highest BCUT2D eigenvalue weighted by Gasteiger charge is 2.16. The van der Waals surface area contributed by atoms with Crippen LogP contribution in [0.3, 0.4) is 0 Å². The zero-order chi connectivity index (χ0) is 15.4. The summed E-state index contributed by atoms with van der Waals surface area (Å²) in [5, 5.41) is 3.71. The third-order valence-electron chi connectivity index (χ3n) is 3.83. The van der Waals surface area contributed by atoms with Crippen LogP contribution in [0.2, 0.25) is 0 Å². The molecule has 1 N–H and O–H groups in total. The Bertz CT molecular complexity index is 580. The first-order valence-corrected chi connectivity index (χ1v) is 9.17. The third kappa shape index (κ3) is 4.41. The highest BCUT2D eigenvalue weighted by atomic mass is 79.9. The molecule has 0 bridgehead atoms. The van der Waals surface area contributed by atoms with Gasteiger partial charge in [-0.05, 0) is 84.9 Å². The molecule has 0 aliphatic heterocycles. The summed E-state index contributed by atoms with van der Waals surface area (Å²) in [5.74, 6) is 0. The Labute approximate surface area is 140 Å². The number of benzene rings is 1. The lowest BCUT2D eigenvalue weighted by atomic mass is 9.94. The Morgan fingerprint density at radius 2 is 1.81 bits per heavy atom. The van der Waals surface area contributed by atoms with Gasteiger partial charge in [0.15, 0.2) is 0 Å². The fourth-order valence-electron chi connectivity index (χ4n) is 2.84. The van der Waals surface area contributed by atoms with Gasteiger partial charge in [0.1, 0.15) is 0 Å². The summed E-state index contributed by atoms with van der Waals surface area (Å²) in [6.45, 7) is 9.92. The highest BCUT2D eigenvalue weighted by molar-refractivity contribution is 9.11. The van der Waals surface area contributed by atoms with Crippen molar-refractivity contribution in [1.82, 2.24) is 5.32 Å². The molecular formula is C18H24BrNS. The van der Waals surface area contributed by atoms with Crippen LogP contribution in [0.1, 0.15) is 46.5 Å². The van der Waals surface area contributed by atoms with Crippen LogP contribution >= 0.6 is 27.3 Å². The van der Waals surface area contributed by atoms with Crippen LogP contribution in [0.15, 0.2) is 28.1 Å². The number of aryl methyl sites for hydroxylation is 3. The van der Waals surface area contributed by atoms with E-state index in [1.54, 1.807) is 0 Å². The second kappa shape index (κ2) is 7.57. The molecule has 1 nitrogen and oxygen atoms in total. The van der Waals surface area contributed by atoms with Crippen molar-refractivity contribution in [2.24, 2.45) is 0 Å². The van der Waals surface area contributed by atoms with Crippen LogP contribution in [-0.2, 0) is 6.42 Å². The lowest BCUT2D eigenvalue weighted by molar-refractivity contribution is 0.534. The van der Waals surface area contributed by atoms with Gasteiger partial charge in [0.05, 0.1) is 3.79 Å². The molecule has 114 valence electrons. The molecule has 2 aromatic rings. The lowest BCUT2D eigenvalue weighted by Crippen LogP contribution is -2.24. The molecule has 1 heterocycles. The Hall–Kier alpha value is -0.640. The average Bonchev–Trinajstić information content (AvgIpc) is 2.83. The van der Waals surface area contributed by atoms with Crippen molar-refractivity contribution in [2.45, 2.75) is 46.6 Å². The zero-order valence-corrected chi connectivity index (χ0v) is 15.7. The summed E-state index contributed by atoms with van der Waals surface area (Å²) in [4.78, 5) is 1.41. The van der Waals surface area contributed by atoms with Crippen LogP contribution in [0.25, 0.3) is 0 Å². The second-order valence-corrected chi connectivity index (χ2v) is 8.22. The first-order chi connectivity index (χ1) is 10.0. The van der Waals surface area contributed by atoms with E-state index in [0.717, 1.165) is 19.4 Å². The summed E-state index contributed by atoms with van der Waals surface area (Å²) in [6.07, 6.45) is 2.22. The molecule has 0 aliphatic rings. The molecule has 0 aliphatic carbocycles. The number of nitrogens with one attached hydrogen (secondary N) is 1. The van der Waals surface area contributed by atoms with Gasteiger partial charge < -0.3 is 5.32 Å². The molecule has 1 atom stereocenters. The molecule has 0 spiro atoms. The largest absolute Gasteiger partial charge is 0.309 e. The molecule has 2 rings (SSSR count). The van der Waals surface area contributed by atoms with Gasteiger partial charge in [0, 0.05) is 10.9 Å². The summed E-state index contributed by atoms with van der Waals surface area (Å²) in [5.41, 5.74) is 5.65. The second-order valence-electron chi connectivity index (χ2n) is 5.73. The molecule has 0 amide bonds. The molecule has 3 heteroatoms. The minimum atomic E-state index is 0.404. The average molecular weight is 366 g/mol. The highest BCUT2D eigenvalue weighted by Crippen LogP contribution is 2.31. The van der Waals surface area contributed by atoms with Gasteiger partial charge in [-0.1, -0.05) is 24.6 Å². The Balaban J connectivity index is 2.27. The van der Waals surface area contributed by atoms with Gasteiger partial charge in [-0.25, -0.2) is 0 Å². The molecular weight excluding hydrogens is 342 g/mol. The molecule has 1 aromatic heterocycles. The summed E-state index contributed by atoms with van der Waals surface area (Å²) >= 11 is 5.42. The van der Waals surface area contributed by atoms with E-state index in [2.05, 4.69) is 73.2 Å². The fourth-order valence-corrected chi connectivity index (χ4v) is 4.34. The standard InChI is InChI=1S/C18H24BrNS/c1-5-8-20-16(17-6-7-18(19)21-17)11-15-13(3)9-12(2)10-14(15)4/h6-7,9-10,16,20H,5,8,11H2,1-4H3. The van der Waals surface area contributed by atoms with Crippen molar-refractivity contribution >= 4 is 27.3 Å². The molecule has 0 saturated heterocycles. The Morgan fingerprint density at radius 3 is 2.33 bits per heavy atom. The Morgan fingerprint density at radius 1 is 1.14 bits per heavy atom. The maximum Gasteiger partial charge on any atom is 0.0701 e. The van der Waals surface area contributed by atoms with Crippen LogP contribution in [0.4, 0.5) is 0 Å². The van der Waals surface area contributed by atoms with E-state index in [1.807, 2.05) is 11.3 Å². The summed E-state index contributed by atoms with van der Waals surface area (Å²) < 4.78 is 1.21. The van der Waals surface area contributed by atoms with E-state index in [9.17, 15) is 0 Å². The number of thiophene rings is 1. The minimum Gasteiger partial charge on any atom is -0.309 e. The van der Waals surface area contributed by atoms with Gasteiger partial charge in [0.25, 0.3) is 0 Å². The third-order valence-corrected chi connectivity index (χ3v) is 5.56. The van der Waals surface area contributed by atoms with Gasteiger partial charge in [0.2, 0.25) is 0 Å². The number of rotatable bonds is 6. The molecule has 21 heavy (non-hydrogen) atoms. The van der Waals surface area contributed by atoms with Crippen molar-refractivity contribution in [3.05, 3.63) is 55.2 Å². The smallest absolute Gasteiger partial charge is 0.0701 e. The van der Waals surface area contributed by atoms with Crippen LogP contribution in [-0.4, -0.2) is 6.54 Å². The first-order valence-electron chi connectivity index (χ1n) is 7.56. The molecule has 0 saturated carbocycles. The van der Waals surface area contributed by atoms with Crippen molar-refractivity contribution in [3.8, 4) is 0 Å². The van der Waals surface area contributed by atoms with Crippen molar-refractivity contribution in [2.75, 3.05) is 6.54 Å². The zero-order valence-electron chi connectivity index (χ0n) is 13.3. The van der Waals surface area contributed by atoms with E-state index in [0.29, 0.717) is 6.04 Å². The quantitative estimate of drug-likeness (QED) is 0.690. The van der Waals surface area contributed by atoms with Crippen molar-refractivity contribution in [1.29, 1.82) is 0 Å². The predicted molar refractivity (Wildman–Crippen MR) is 97.4 cm³/mol. The van der Waals surface area contributed by atoms with Gasteiger partial charge in [-0.15, -0.1) is 11.3 Å². The van der Waals surface area contributed by atoms with E-state index >= 15 is 0 Å². The van der Waals surface area contributed by atoms with Crippen molar-refractivity contribution in [3.63, 3.8) is 0 Å². The maximum absolute atomic E-state index is 3.71. The van der Waals surface area contributed by atoms with Gasteiger partial charge in [-0.2, -0.15) is 0 Å². The normalized spacial score (nSPS) is 12.6. The number of hydrogen-bond donors (Lipinski definition) is 1. The molecule has 1 aromatic carbocycles. The SMILES string of the molecule is CCCNC(Cc1c(C)cc(C)cc1C)c1ccc(Br)s1. The maximum atomic E-state index is 3.71. The monoisotopic (exact) mass is 365 g/mol. The van der Waals surface area contributed by atoms with Crippen LogP contribution in [0, 0.1) is 20.8 Å². The molecule has 0 fully saturated rings.